The molecule has 25 heavy (non-hydrogen) atoms. The van der Waals surface area contributed by atoms with Gasteiger partial charge in [-0.05, 0) is 54.4 Å². The number of carbonyl (C=O) groups is 2. The van der Waals surface area contributed by atoms with Crippen LogP contribution >= 0.6 is 11.6 Å². The second kappa shape index (κ2) is 8.84. The van der Waals surface area contributed by atoms with Crippen molar-refractivity contribution >= 4 is 35.3 Å². The van der Waals surface area contributed by atoms with Gasteiger partial charge in [0.1, 0.15) is 5.75 Å². The molecule has 0 saturated carbocycles. The minimum atomic E-state index is -0.368. The zero-order valence-corrected chi connectivity index (χ0v) is 14.4. The summed E-state index contributed by atoms with van der Waals surface area (Å²) in [5, 5.41) is 16.2. The maximum absolute atomic E-state index is 11.8. The molecule has 2 rings (SSSR count). The molecule has 0 saturated heterocycles. The molecule has 0 fully saturated rings. The molecule has 3 N–H and O–H groups in total. The van der Waals surface area contributed by atoms with Gasteiger partial charge in [0.2, 0.25) is 11.8 Å². The molecule has 2 aromatic rings. The number of phenols is 1. The van der Waals surface area contributed by atoms with Crippen molar-refractivity contribution in [1.82, 2.24) is 5.43 Å². The fourth-order valence-electron chi connectivity index (χ4n) is 1.92. The van der Waals surface area contributed by atoms with Gasteiger partial charge < -0.3 is 10.4 Å². The highest BCUT2D eigenvalue weighted by Crippen LogP contribution is 2.20. The average Bonchev–Trinajstić information content (AvgIpc) is 2.58. The van der Waals surface area contributed by atoms with E-state index in [2.05, 4.69) is 15.8 Å². The van der Waals surface area contributed by atoms with Crippen molar-refractivity contribution in [2.45, 2.75) is 19.8 Å². The lowest BCUT2D eigenvalue weighted by Gasteiger charge is -2.06. The number of aryl methyl sites for hydroxylation is 1. The van der Waals surface area contributed by atoms with E-state index in [1.54, 1.807) is 24.3 Å². The van der Waals surface area contributed by atoms with E-state index in [4.69, 9.17) is 16.7 Å². The van der Waals surface area contributed by atoms with Crippen LogP contribution in [0.3, 0.4) is 0 Å². The van der Waals surface area contributed by atoms with Crippen LogP contribution in [-0.2, 0) is 9.59 Å². The van der Waals surface area contributed by atoms with Gasteiger partial charge in [0, 0.05) is 23.6 Å². The predicted molar refractivity (Wildman–Crippen MR) is 97.9 cm³/mol. The van der Waals surface area contributed by atoms with Crippen molar-refractivity contribution in [3.05, 3.63) is 58.6 Å². The van der Waals surface area contributed by atoms with E-state index in [0.29, 0.717) is 10.7 Å². The predicted octanol–water partition coefficient (Wildman–Crippen LogP) is 3.22. The highest BCUT2D eigenvalue weighted by atomic mass is 35.5. The van der Waals surface area contributed by atoms with Crippen molar-refractivity contribution in [2.24, 2.45) is 5.10 Å². The molecule has 0 spiro atoms. The Balaban J connectivity index is 1.74. The van der Waals surface area contributed by atoms with Crippen LogP contribution in [0.15, 0.2) is 47.6 Å². The number of nitrogens with zero attached hydrogens (tertiary/aromatic N) is 1. The van der Waals surface area contributed by atoms with Crippen LogP contribution in [-0.4, -0.2) is 23.1 Å². The number of hydrazone groups is 1. The molecule has 0 aliphatic rings. The number of hydrogen-bond donors (Lipinski definition) is 3. The summed E-state index contributed by atoms with van der Waals surface area (Å²) >= 11 is 6.00. The number of phenolic OH excluding ortho intramolecular Hbond substituents is 1. The first-order valence-electron chi connectivity index (χ1n) is 7.61. The smallest absolute Gasteiger partial charge is 0.240 e. The molecule has 0 heterocycles. The van der Waals surface area contributed by atoms with Crippen LogP contribution in [0.5, 0.6) is 5.75 Å². The van der Waals surface area contributed by atoms with Crippen LogP contribution in [0.2, 0.25) is 5.02 Å². The lowest BCUT2D eigenvalue weighted by molar-refractivity contribution is -0.124. The van der Waals surface area contributed by atoms with E-state index in [0.717, 1.165) is 11.1 Å². The SMILES string of the molecule is Cc1ccc(NC(=O)CCC(=O)NN=Cc2ccc(O)cc2)cc1Cl. The molecule has 0 aromatic heterocycles. The van der Waals surface area contributed by atoms with Gasteiger partial charge in [-0.2, -0.15) is 5.10 Å². The maximum atomic E-state index is 11.8. The number of nitrogens with one attached hydrogen (secondary N) is 2. The Morgan fingerprint density at radius 2 is 1.80 bits per heavy atom. The monoisotopic (exact) mass is 359 g/mol. The van der Waals surface area contributed by atoms with E-state index in [1.165, 1.54) is 18.3 Å². The minimum absolute atomic E-state index is 0.0122. The summed E-state index contributed by atoms with van der Waals surface area (Å²) in [6.07, 6.45) is 1.50. The molecule has 2 amide bonds. The number of rotatable bonds is 6. The number of halogens is 1. The first-order chi connectivity index (χ1) is 11.9. The lowest BCUT2D eigenvalue weighted by atomic mass is 10.2. The number of aromatic hydroxyl groups is 1. The van der Waals surface area contributed by atoms with Crippen molar-refractivity contribution in [3.8, 4) is 5.75 Å². The first kappa shape index (κ1) is 18.5. The third kappa shape index (κ3) is 6.27. The van der Waals surface area contributed by atoms with Gasteiger partial charge in [-0.15, -0.1) is 0 Å². The lowest BCUT2D eigenvalue weighted by Crippen LogP contribution is -2.20. The maximum Gasteiger partial charge on any atom is 0.240 e. The Hall–Kier alpha value is -2.86. The van der Waals surface area contributed by atoms with E-state index in [1.807, 2.05) is 13.0 Å². The quantitative estimate of drug-likeness (QED) is 0.546. The molecule has 0 aliphatic heterocycles. The molecule has 130 valence electrons. The molecule has 2 aromatic carbocycles. The van der Waals surface area contributed by atoms with Gasteiger partial charge in [0.05, 0.1) is 6.21 Å². The Bertz CT molecular complexity index is 789. The normalized spacial score (nSPS) is 10.6. The second-order valence-corrected chi connectivity index (χ2v) is 5.80. The summed E-state index contributed by atoms with van der Waals surface area (Å²) in [7, 11) is 0. The third-order valence-electron chi connectivity index (χ3n) is 3.33. The third-order valence-corrected chi connectivity index (χ3v) is 3.74. The Morgan fingerprint density at radius 3 is 2.48 bits per heavy atom. The fourth-order valence-corrected chi connectivity index (χ4v) is 2.10. The van der Waals surface area contributed by atoms with Gasteiger partial charge in [-0.25, -0.2) is 5.43 Å². The van der Waals surface area contributed by atoms with Crippen LogP contribution in [0.25, 0.3) is 0 Å². The van der Waals surface area contributed by atoms with Crippen LogP contribution in [0.4, 0.5) is 5.69 Å². The molecule has 0 unspecified atom stereocenters. The zero-order valence-electron chi connectivity index (χ0n) is 13.6. The molecule has 0 atom stereocenters. The van der Waals surface area contributed by atoms with Crippen molar-refractivity contribution in [2.75, 3.05) is 5.32 Å². The summed E-state index contributed by atoms with van der Waals surface area (Å²) in [5.74, 6) is -0.494. The second-order valence-electron chi connectivity index (χ2n) is 5.40. The van der Waals surface area contributed by atoms with Gasteiger partial charge >= 0.3 is 0 Å². The first-order valence-corrected chi connectivity index (χ1v) is 7.99. The van der Waals surface area contributed by atoms with Gasteiger partial charge in [0.15, 0.2) is 0 Å². The van der Waals surface area contributed by atoms with Crippen LogP contribution in [0.1, 0.15) is 24.0 Å². The Labute approximate surface area is 150 Å². The van der Waals surface area contributed by atoms with Crippen molar-refractivity contribution < 1.29 is 14.7 Å². The summed E-state index contributed by atoms with van der Waals surface area (Å²) in [5.41, 5.74) is 4.59. The molecule has 0 aliphatic carbocycles. The van der Waals surface area contributed by atoms with E-state index < -0.39 is 0 Å². The van der Waals surface area contributed by atoms with Crippen molar-refractivity contribution in [3.63, 3.8) is 0 Å². The largest absolute Gasteiger partial charge is 0.508 e. The standard InChI is InChI=1S/C18H18ClN3O3/c1-12-2-5-14(10-16(12)19)21-17(24)8-9-18(25)22-20-11-13-3-6-15(23)7-4-13/h2-7,10-11,23H,8-9H2,1H3,(H,21,24)(H,22,25). The Morgan fingerprint density at radius 1 is 1.12 bits per heavy atom. The minimum Gasteiger partial charge on any atom is -0.508 e. The van der Waals surface area contributed by atoms with Crippen molar-refractivity contribution in [1.29, 1.82) is 0 Å². The summed E-state index contributed by atoms with van der Waals surface area (Å²) in [6.45, 7) is 1.87. The number of amides is 2. The summed E-state index contributed by atoms with van der Waals surface area (Å²) in [6, 6.07) is 11.6. The summed E-state index contributed by atoms with van der Waals surface area (Å²) in [4.78, 5) is 23.5. The van der Waals surface area contributed by atoms with Gasteiger partial charge in [-0.1, -0.05) is 17.7 Å². The highest BCUT2D eigenvalue weighted by Gasteiger charge is 2.07. The fraction of sp³-hybridized carbons (Fsp3) is 0.167. The molecular formula is C18H18ClN3O3. The molecule has 7 heteroatoms. The van der Waals surface area contributed by atoms with Crippen LogP contribution in [0, 0.1) is 6.92 Å². The van der Waals surface area contributed by atoms with E-state index in [9.17, 15) is 9.59 Å². The number of benzene rings is 2. The van der Waals surface area contributed by atoms with E-state index >= 15 is 0 Å². The van der Waals surface area contributed by atoms with Crippen LogP contribution < -0.4 is 10.7 Å². The summed E-state index contributed by atoms with van der Waals surface area (Å²) < 4.78 is 0. The molecule has 6 nitrogen and oxygen atoms in total. The average molecular weight is 360 g/mol. The number of carbonyl (C=O) groups excluding carboxylic acids is 2. The van der Waals surface area contributed by atoms with Gasteiger partial charge in [-0.3, -0.25) is 9.59 Å². The number of hydrogen-bond acceptors (Lipinski definition) is 4. The topological polar surface area (TPSA) is 90.8 Å². The molecule has 0 radical (unpaired) electrons. The van der Waals surface area contributed by atoms with Gasteiger partial charge in [0.25, 0.3) is 0 Å². The number of anilines is 1. The zero-order chi connectivity index (χ0) is 18.2. The molecular weight excluding hydrogens is 342 g/mol. The van der Waals surface area contributed by atoms with E-state index in [-0.39, 0.29) is 30.4 Å². The Kier molecular flexibility index (Phi) is 6.54. The molecule has 0 bridgehead atoms. The highest BCUT2D eigenvalue weighted by molar-refractivity contribution is 6.31.